The quantitative estimate of drug-likeness (QED) is 0.845. The van der Waals surface area contributed by atoms with Crippen LogP contribution in [0, 0.1) is 0 Å². The molecule has 1 aromatic heterocycles. The SMILES string of the molecule is CC(C)(C)OC(=O)N1CCCC1c1cccnc1N. The third-order valence-corrected chi connectivity index (χ3v) is 3.11. The third-order valence-electron chi connectivity index (χ3n) is 3.11. The van der Waals surface area contributed by atoms with Crippen molar-refractivity contribution < 1.29 is 9.53 Å². The second kappa shape index (κ2) is 5.07. The fraction of sp³-hybridized carbons (Fsp3) is 0.571. The number of anilines is 1. The Kier molecular flexibility index (Phi) is 3.64. The first-order chi connectivity index (χ1) is 8.88. The molecule has 0 spiro atoms. The monoisotopic (exact) mass is 263 g/mol. The van der Waals surface area contributed by atoms with E-state index in [0.717, 1.165) is 18.4 Å². The molecular weight excluding hydrogens is 242 g/mol. The predicted molar refractivity (Wildman–Crippen MR) is 73.6 cm³/mol. The minimum Gasteiger partial charge on any atom is -0.444 e. The molecule has 2 heterocycles. The lowest BCUT2D eigenvalue weighted by molar-refractivity contribution is 0.0225. The van der Waals surface area contributed by atoms with Gasteiger partial charge >= 0.3 is 6.09 Å². The summed E-state index contributed by atoms with van der Waals surface area (Å²) in [5.41, 5.74) is 6.33. The van der Waals surface area contributed by atoms with Crippen LogP contribution in [-0.2, 0) is 4.74 Å². The number of hydrogen-bond donors (Lipinski definition) is 1. The van der Waals surface area contributed by atoms with E-state index in [1.807, 2.05) is 32.9 Å². The van der Waals surface area contributed by atoms with E-state index in [9.17, 15) is 4.79 Å². The zero-order valence-electron chi connectivity index (χ0n) is 11.7. The number of amides is 1. The molecule has 0 radical (unpaired) electrons. The van der Waals surface area contributed by atoms with Crippen molar-refractivity contribution in [2.75, 3.05) is 12.3 Å². The molecule has 1 aliphatic rings. The van der Waals surface area contributed by atoms with E-state index < -0.39 is 5.60 Å². The minimum absolute atomic E-state index is 0.0245. The highest BCUT2D eigenvalue weighted by Gasteiger charge is 2.34. The van der Waals surface area contributed by atoms with Gasteiger partial charge in [0, 0.05) is 18.3 Å². The molecule has 2 N–H and O–H groups in total. The van der Waals surface area contributed by atoms with Crippen LogP contribution < -0.4 is 5.73 Å². The number of nitrogen functional groups attached to an aromatic ring is 1. The van der Waals surface area contributed by atoms with E-state index in [1.54, 1.807) is 11.1 Å². The van der Waals surface area contributed by atoms with Crippen LogP contribution in [0.25, 0.3) is 0 Å². The Morgan fingerprint density at radius 3 is 2.89 bits per heavy atom. The van der Waals surface area contributed by atoms with Gasteiger partial charge in [0.15, 0.2) is 0 Å². The van der Waals surface area contributed by atoms with Gasteiger partial charge in [0.25, 0.3) is 0 Å². The van der Waals surface area contributed by atoms with Gasteiger partial charge in [-0.3, -0.25) is 0 Å². The van der Waals surface area contributed by atoms with Gasteiger partial charge in [0.2, 0.25) is 0 Å². The molecule has 0 aliphatic carbocycles. The van der Waals surface area contributed by atoms with E-state index in [2.05, 4.69) is 4.98 Å². The molecule has 104 valence electrons. The van der Waals surface area contributed by atoms with Crippen LogP contribution in [0.15, 0.2) is 18.3 Å². The number of rotatable bonds is 1. The Morgan fingerprint density at radius 1 is 1.53 bits per heavy atom. The molecule has 1 atom stereocenters. The number of aromatic nitrogens is 1. The number of hydrogen-bond acceptors (Lipinski definition) is 4. The number of pyridine rings is 1. The topological polar surface area (TPSA) is 68.5 Å². The van der Waals surface area contributed by atoms with Crippen molar-refractivity contribution in [1.82, 2.24) is 9.88 Å². The Bertz CT molecular complexity index is 468. The first-order valence-electron chi connectivity index (χ1n) is 6.58. The molecule has 5 nitrogen and oxygen atoms in total. The Balaban J connectivity index is 2.18. The summed E-state index contributed by atoms with van der Waals surface area (Å²) in [6.07, 6.45) is 3.23. The average molecular weight is 263 g/mol. The summed E-state index contributed by atoms with van der Waals surface area (Å²) < 4.78 is 5.44. The van der Waals surface area contributed by atoms with Crippen molar-refractivity contribution in [2.45, 2.75) is 45.3 Å². The fourth-order valence-electron chi connectivity index (χ4n) is 2.34. The highest BCUT2D eigenvalue weighted by atomic mass is 16.6. The van der Waals surface area contributed by atoms with E-state index in [1.165, 1.54) is 0 Å². The van der Waals surface area contributed by atoms with Crippen molar-refractivity contribution in [2.24, 2.45) is 0 Å². The largest absolute Gasteiger partial charge is 0.444 e. The first-order valence-corrected chi connectivity index (χ1v) is 6.58. The van der Waals surface area contributed by atoms with Crippen LogP contribution in [0.5, 0.6) is 0 Å². The first kappa shape index (κ1) is 13.6. The van der Waals surface area contributed by atoms with Crippen LogP contribution in [0.1, 0.15) is 45.2 Å². The summed E-state index contributed by atoms with van der Waals surface area (Å²) in [4.78, 5) is 18.0. The van der Waals surface area contributed by atoms with Crippen LogP contribution in [0.4, 0.5) is 10.6 Å². The molecule has 0 aromatic carbocycles. The van der Waals surface area contributed by atoms with Gasteiger partial charge in [-0.15, -0.1) is 0 Å². The zero-order chi connectivity index (χ0) is 14.0. The Morgan fingerprint density at radius 2 is 2.26 bits per heavy atom. The third kappa shape index (κ3) is 3.16. The number of carbonyl (C=O) groups excluding carboxylic acids is 1. The smallest absolute Gasteiger partial charge is 0.410 e. The van der Waals surface area contributed by atoms with E-state index >= 15 is 0 Å². The van der Waals surface area contributed by atoms with E-state index in [-0.39, 0.29) is 12.1 Å². The van der Waals surface area contributed by atoms with Gasteiger partial charge < -0.3 is 15.4 Å². The van der Waals surface area contributed by atoms with Crippen molar-refractivity contribution in [3.05, 3.63) is 23.9 Å². The zero-order valence-corrected chi connectivity index (χ0v) is 11.7. The van der Waals surface area contributed by atoms with Gasteiger partial charge in [0.1, 0.15) is 11.4 Å². The standard InChI is InChI=1S/C14H21N3O2/c1-14(2,3)19-13(18)17-9-5-7-11(17)10-6-4-8-16-12(10)15/h4,6,8,11H,5,7,9H2,1-3H3,(H2,15,16). The van der Waals surface area contributed by atoms with Gasteiger partial charge in [-0.1, -0.05) is 6.07 Å². The molecule has 1 fully saturated rings. The van der Waals surface area contributed by atoms with Crippen LogP contribution in [0.2, 0.25) is 0 Å². The lowest BCUT2D eigenvalue weighted by atomic mass is 10.1. The van der Waals surface area contributed by atoms with Crippen molar-refractivity contribution in [1.29, 1.82) is 0 Å². The fourth-order valence-corrected chi connectivity index (χ4v) is 2.34. The normalized spacial score (nSPS) is 19.5. The van der Waals surface area contributed by atoms with Gasteiger partial charge in [0.05, 0.1) is 6.04 Å². The van der Waals surface area contributed by atoms with Gasteiger partial charge in [-0.25, -0.2) is 9.78 Å². The second-order valence-corrected chi connectivity index (χ2v) is 5.81. The van der Waals surface area contributed by atoms with Crippen molar-refractivity contribution in [3.63, 3.8) is 0 Å². The second-order valence-electron chi connectivity index (χ2n) is 5.81. The minimum atomic E-state index is -0.481. The highest BCUT2D eigenvalue weighted by Crippen LogP contribution is 2.35. The molecule has 19 heavy (non-hydrogen) atoms. The maximum Gasteiger partial charge on any atom is 0.410 e. The number of nitrogens with zero attached hydrogens (tertiary/aromatic N) is 2. The number of ether oxygens (including phenoxy) is 1. The molecule has 2 rings (SSSR count). The summed E-state index contributed by atoms with van der Waals surface area (Å²) in [5, 5.41) is 0. The number of carbonyl (C=O) groups is 1. The van der Waals surface area contributed by atoms with Crippen molar-refractivity contribution >= 4 is 11.9 Å². The molecule has 1 aliphatic heterocycles. The van der Waals surface area contributed by atoms with Crippen LogP contribution in [-0.4, -0.2) is 28.1 Å². The summed E-state index contributed by atoms with van der Waals surface area (Å²) in [5.74, 6) is 0.489. The number of likely N-dealkylation sites (tertiary alicyclic amines) is 1. The number of nitrogens with two attached hydrogens (primary N) is 1. The maximum atomic E-state index is 12.2. The average Bonchev–Trinajstić information content (AvgIpc) is 2.76. The predicted octanol–water partition coefficient (Wildman–Crippen LogP) is 2.74. The van der Waals surface area contributed by atoms with Crippen molar-refractivity contribution in [3.8, 4) is 0 Å². The molecule has 0 bridgehead atoms. The highest BCUT2D eigenvalue weighted by molar-refractivity contribution is 5.69. The Labute approximate surface area is 113 Å². The van der Waals surface area contributed by atoms with E-state index in [4.69, 9.17) is 10.5 Å². The summed E-state index contributed by atoms with van der Waals surface area (Å²) in [7, 11) is 0. The summed E-state index contributed by atoms with van der Waals surface area (Å²) in [6.45, 7) is 6.31. The lowest BCUT2D eigenvalue weighted by Gasteiger charge is -2.29. The maximum absolute atomic E-state index is 12.2. The Hall–Kier alpha value is -1.78. The van der Waals surface area contributed by atoms with Gasteiger partial charge in [-0.05, 0) is 39.7 Å². The summed E-state index contributed by atoms with van der Waals surface area (Å²) >= 11 is 0. The lowest BCUT2D eigenvalue weighted by Crippen LogP contribution is -2.36. The van der Waals surface area contributed by atoms with Crippen LogP contribution >= 0.6 is 0 Å². The molecule has 1 amide bonds. The molecule has 5 heteroatoms. The van der Waals surface area contributed by atoms with Gasteiger partial charge in [-0.2, -0.15) is 0 Å². The molecule has 1 aromatic rings. The van der Waals surface area contributed by atoms with E-state index in [0.29, 0.717) is 12.4 Å². The van der Waals surface area contributed by atoms with Crippen LogP contribution in [0.3, 0.4) is 0 Å². The molecule has 1 unspecified atom stereocenters. The molecule has 1 saturated heterocycles. The molecule has 0 saturated carbocycles. The molecular formula is C14H21N3O2. The summed E-state index contributed by atoms with van der Waals surface area (Å²) in [6, 6.07) is 3.75.